The number of benzene rings is 1. The third kappa shape index (κ3) is 3.83. The van der Waals surface area contributed by atoms with Crippen molar-refractivity contribution in [1.29, 1.82) is 0 Å². The van der Waals surface area contributed by atoms with Crippen LogP contribution in [0.1, 0.15) is 24.8 Å². The van der Waals surface area contributed by atoms with Crippen LogP contribution in [0.15, 0.2) is 30.3 Å². The van der Waals surface area contributed by atoms with Crippen molar-refractivity contribution in [1.82, 2.24) is 4.90 Å². The molecule has 0 saturated carbocycles. The molecule has 4 nitrogen and oxygen atoms in total. The maximum absolute atomic E-state index is 12.3. The molecule has 1 amide bonds. The predicted octanol–water partition coefficient (Wildman–Crippen LogP) is 2.23. The molecule has 0 unspecified atom stereocenters. The van der Waals surface area contributed by atoms with E-state index in [-0.39, 0.29) is 17.9 Å². The standard InChI is InChI=1S/C17H23NO3/c19-17(15-8-11-20-13-15)18-9-6-16(7-10-18)21-12-14-4-2-1-3-5-14/h1-5,15-16H,6-13H2/t15-/m1/s1. The van der Waals surface area contributed by atoms with Crippen LogP contribution in [0, 0.1) is 5.92 Å². The molecule has 1 aromatic carbocycles. The number of amides is 1. The van der Waals surface area contributed by atoms with Gasteiger partial charge in [0.25, 0.3) is 0 Å². The Morgan fingerprint density at radius 2 is 1.95 bits per heavy atom. The smallest absolute Gasteiger partial charge is 0.228 e. The predicted molar refractivity (Wildman–Crippen MR) is 79.8 cm³/mol. The topological polar surface area (TPSA) is 38.8 Å². The number of hydrogen-bond acceptors (Lipinski definition) is 3. The number of rotatable bonds is 4. The van der Waals surface area contributed by atoms with Crippen LogP contribution in [0.2, 0.25) is 0 Å². The molecule has 0 aromatic heterocycles. The van der Waals surface area contributed by atoms with Gasteiger partial charge >= 0.3 is 0 Å². The lowest BCUT2D eigenvalue weighted by Crippen LogP contribution is -2.43. The molecule has 0 radical (unpaired) electrons. The minimum Gasteiger partial charge on any atom is -0.381 e. The number of hydrogen-bond donors (Lipinski definition) is 0. The van der Waals surface area contributed by atoms with Gasteiger partial charge in [-0.3, -0.25) is 4.79 Å². The first-order chi connectivity index (χ1) is 10.3. The van der Waals surface area contributed by atoms with Gasteiger partial charge in [0.1, 0.15) is 0 Å². The Labute approximate surface area is 126 Å². The molecule has 4 heteroatoms. The van der Waals surface area contributed by atoms with Gasteiger partial charge in [-0.05, 0) is 24.8 Å². The number of ether oxygens (including phenoxy) is 2. The molecule has 3 rings (SSSR count). The van der Waals surface area contributed by atoms with E-state index in [0.29, 0.717) is 13.2 Å². The lowest BCUT2D eigenvalue weighted by atomic mass is 10.0. The Balaban J connectivity index is 1.41. The summed E-state index contributed by atoms with van der Waals surface area (Å²) in [6.45, 7) is 3.62. The zero-order valence-corrected chi connectivity index (χ0v) is 12.4. The fourth-order valence-corrected chi connectivity index (χ4v) is 3.02. The molecule has 21 heavy (non-hydrogen) atoms. The summed E-state index contributed by atoms with van der Waals surface area (Å²) < 4.78 is 11.3. The zero-order valence-electron chi connectivity index (χ0n) is 12.4. The van der Waals surface area contributed by atoms with Gasteiger partial charge in [0.15, 0.2) is 0 Å². The molecule has 2 aliphatic rings. The van der Waals surface area contributed by atoms with Crippen LogP contribution in [0.3, 0.4) is 0 Å². The second kappa shape index (κ2) is 7.05. The first-order valence-corrected chi connectivity index (χ1v) is 7.85. The third-order valence-corrected chi connectivity index (χ3v) is 4.36. The van der Waals surface area contributed by atoms with Gasteiger partial charge in [-0.1, -0.05) is 30.3 Å². The summed E-state index contributed by atoms with van der Waals surface area (Å²) in [4.78, 5) is 14.3. The first kappa shape index (κ1) is 14.5. The van der Waals surface area contributed by atoms with Crippen molar-refractivity contribution in [2.75, 3.05) is 26.3 Å². The highest BCUT2D eigenvalue weighted by molar-refractivity contribution is 5.79. The Kier molecular flexibility index (Phi) is 4.88. The molecule has 2 heterocycles. The second-order valence-corrected chi connectivity index (χ2v) is 5.88. The van der Waals surface area contributed by atoms with E-state index in [2.05, 4.69) is 12.1 Å². The molecule has 0 N–H and O–H groups in total. The third-order valence-electron chi connectivity index (χ3n) is 4.36. The summed E-state index contributed by atoms with van der Waals surface area (Å²) >= 11 is 0. The molecule has 2 saturated heterocycles. The van der Waals surface area contributed by atoms with E-state index in [1.54, 1.807) is 0 Å². The van der Waals surface area contributed by atoms with Gasteiger partial charge in [0.05, 0.1) is 25.2 Å². The summed E-state index contributed by atoms with van der Waals surface area (Å²) in [6, 6.07) is 10.2. The van der Waals surface area contributed by atoms with Crippen LogP contribution in [-0.4, -0.2) is 43.2 Å². The van der Waals surface area contributed by atoms with Gasteiger partial charge in [0.2, 0.25) is 5.91 Å². The minimum atomic E-state index is 0.0896. The number of nitrogens with zero attached hydrogens (tertiary/aromatic N) is 1. The van der Waals surface area contributed by atoms with Crippen LogP contribution >= 0.6 is 0 Å². The van der Waals surface area contributed by atoms with Crippen molar-refractivity contribution < 1.29 is 14.3 Å². The van der Waals surface area contributed by atoms with Crippen molar-refractivity contribution in [2.24, 2.45) is 5.92 Å². The number of carbonyl (C=O) groups excluding carboxylic acids is 1. The second-order valence-electron chi connectivity index (χ2n) is 5.88. The number of likely N-dealkylation sites (tertiary alicyclic amines) is 1. The van der Waals surface area contributed by atoms with Crippen LogP contribution < -0.4 is 0 Å². The molecule has 0 spiro atoms. The van der Waals surface area contributed by atoms with Crippen LogP contribution in [0.25, 0.3) is 0 Å². The van der Waals surface area contributed by atoms with Crippen molar-refractivity contribution in [3.63, 3.8) is 0 Å². The van der Waals surface area contributed by atoms with E-state index in [4.69, 9.17) is 9.47 Å². The SMILES string of the molecule is O=C([C@@H]1CCOC1)N1CCC(OCc2ccccc2)CC1. The molecular weight excluding hydrogens is 266 g/mol. The van der Waals surface area contributed by atoms with Gasteiger partial charge in [-0.2, -0.15) is 0 Å². The molecule has 0 aliphatic carbocycles. The molecule has 1 atom stereocenters. The largest absolute Gasteiger partial charge is 0.381 e. The summed E-state index contributed by atoms with van der Waals surface area (Å²) in [5.74, 6) is 0.362. The average Bonchev–Trinajstić information content (AvgIpc) is 3.08. The molecule has 2 fully saturated rings. The molecule has 114 valence electrons. The highest BCUT2D eigenvalue weighted by atomic mass is 16.5. The van der Waals surface area contributed by atoms with E-state index in [1.807, 2.05) is 23.1 Å². The van der Waals surface area contributed by atoms with Gasteiger partial charge in [-0.25, -0.2) is 0 Å². The highest BCUT2D eigenvalue weighted by Gasteiger charge is 2.30. The summed E-state index contributed by atoms with van der Waals surface area (Å²) in [5, 5.41) is 0. The fourth-order valence-electron chi connectivity index (χ4n) is 3.02. The lowest BCUT2D eigenvalue weighted by Gasteiger charge is -2.33. The van der Waals surface area contributed by atoms with E-state index < -0.39 is 0 Å². The average molecular weight is 289 g/mol. The molecule has 2 aliphatic heterocycles. The number of carbonyl (C=O) groups is 1. The van der Waals surface area contributed by atoms with Crippen molar-refractivity contribution >= 4 is 5.91 Å². The summed E-state index contributed by atoms with van der Waals surface area (Å²) in [6.07, 6.45) is 3.02. The Bertz CT molecular complexity index is 448. The molecular formula is C17H23NO3. The Morgan fingerprint density at radius 1 is 1.19 bits per heavy atom. The Morgan fingerprint density at radius 3 is 2.62 bits per heavy atom. The van der Waals surface area contributed by atoms with Crippen LogP contribution in [0.4, 0.5) is 0 Å². The van der Waals surface area contributed by atoms with E-state index in [9.17, 15) is 4.79 Å². The van der Waals surface area contributed by atoms with Crippen LogP contribution in [-0.2, 0) is 20.9 Å². The van der Waals surface area contributed by atoms with E-state index >= 15 is 0 Å². The minimum absolute atomic E-state index is 0.0896. The van der Waals surface area contributed by atoms with Gasteiger partial charge in [0, 0.05) is 19.7 Å². The normalized spacial score (nSPS) is 23.4. The highest BCUT2D eigenvalue weighted by Crippen LogP contribution is 2.21. The van der Waals surface area contributed by atoms with Crippen molar-refractivity contribution in [3.8, 4) is 0 Å². The Hall–Kier alpha value is -1.39. The summed E-state index contributed by atoms with van der Waals surface area (Å²) in [7, 11) is 0. The van der Waals surface area contributed by atoms with Crippen molar-refractivity contribution in [3.05, 3.63) is 35.9 Å². The van der Waals surface area contributed by atoms with Gasteiger partial charge in [-0.15, -0.1) is 0 Å². The molecule has 1 aromatic rings. The fraction of sp³-hybridized carbons (Fsp3) is 0.588. The lowest BCUT2D eigenvalue weighted by molar-refractivity contribution is -0.138. The summed E-state index contributed by atoms with van der Waals surface area (Å²) in [5.41, 5.74) is 1.21. The number of piperidine rings is 1. The molecule has 0 bridgehead atoms. The zero-order chi connectivity index (χ0) is 14.5. The van der Waals surface area contributed by atoms with E-state index in [1.165, 1.54) is 5.56 Å². The van der Waals surface area contributed by atoms with Crippen molar-refractivity contribution in [2.45, 2.75) is 32.0 Å². The quantitative estimate of drug-likeness (QED) is 0.853. The monoisotopic (exact) mass is 289 g/mol. The van der Waals surface area contributed by atoms with E-state index in [0.717, 1.165) is 39.0 Å². The maximum Gasteiger partial charge on any atom is 0.228 e. The first-order valence-electron chi connectivity index (χ1n) is 7.85. The van der Waals surface area contributed by atoms with Gasteiger partial charge < -0.3 is 14.4 Å². The van der Waals surface area contributed by atoms with Crippen LogP contribution in [0.5, 0.6) is 0 Å². The maximum atomic E-state index is 12.3.